The number of fused-ring (bicyclic) bond motifs is 1. The molecule has 166 valence electrons. The molecule has 0 unspecified atom stereocenters. The van der Waals surface area contributed by atoms with E-state index in [1.54, 1.807) is 30.1 Å². The largest absolute Gasteiger partial charge is 0.293 e. The highest BCUT2D eigenvalue weighted by Gasteiger charge is 2.36. The van der Waals surface area contributed by atoms with Gasteiger partial charge in [-0.2, -0.15) is 0 Å². The molecule has 5 heteroatoms. The normalized spacial score (nSPS) is 13.0. The quantitative estimate of drug-likeness (QED) is 0.324. The average Bonchev–Trinajstić information content (AvgIpc) is 3.14. The minimum absolute atomic E-state index is 0.264. The van der Waals surface area contributed by atoms with Crippen molar-refractivity contribution in [1.82, 2.24) is 4.90 Å². The second kappa shape index (κ2) is 9.09. The molecule has 0 saturated carbocycles. The van der Waals surface area contributed by atoms with Crippen molar-refractivity contribution >= 4 is 46.2 Å². The van der Waals surface area contributed by atoms with E-state index >= 15 is 0 Å². The molecule has 0 aromatic heterocycles. The van der Waals surface area contributed by atoms with Crippen LogP contribution in [0.4, 0.5) is 0 Å². The molecule has 2 amide bonds. The van der Waals surface area contributed by atoms with Gasteiger partial charge in [-0.25, -0.2) is 0 Å². The van der Waals surface area contributed by atoms with E-state index in [1.165, 1.54) is 0 Å². The van der Waals surface area contributed by atoms with Crippen LogP contribution in [0.1, 0.15) is 20.7 Å². The summed E-state index contributed by atoms with van der Waals surface area (Å²) in [6.07, 6.45) is 0. The Labute approximate surface area is 198 Å². The van der Waals surface area contributed by atoms with Crippen LogP contribution in [0.5, 0.6) is 0 Å². The van der Waals surface area contributed by atoms with Crippen molar-refractivity contribution in [3.05, 3.63) is 126 Å². The van der Waals surface area contributed by atoms with E-state index < -0.39 is 18.7 Å². The van der Waals surface area contributed by atoms with Crippen molar-refractivity contribution < 1.29 is 14.4 Å². The number of benzene rings is 4. The number of carbonyl (C=O) groups is 3. The lowest BCUT2D eigenvalue weighted by Crippen LogP contribution is -2.37. The zero-order valence-corrected chi connectivity index (χ0v) is 19.3. The maximum Gasteiger partial charge on any atom is 0.261 e. The van der Waals surface area contributed by atoms with Gasteiger partial charge in [-0.1, -0.05) is 103 Å². The van der Waals surface area contributed by atoms with Crippen molar-refractivity contribution in [2.45, 2.75) is 0 Å². The van der Waals surface area contributed by atoms with Crippen molar-refractivity contribution in [3.63, 3.8) is 0 Å². The summed E-state index contributed by atoms with van der Waals surface area (Å²) in [5.74, 6) is 0.645. The minimum Gasteiger partial charge on any atom is -0.293 e. The molecule has 0 fully saturated rings. The number of carbonyl (C=O) groups excluding carboxylic acids is 3. The number of ketones is 1. The minimum atomic E-state index is -2.50. The van der Waals surface area contributed by atoms with Crippen LogP contribution in [0.3, 0.4) is 0 Å². The van der Waals surface area contributed by atoms with Gasteiger partial charge in [0.2, 0.25) is 0 Å². The van der Waals surface area contributed by atoms with Gasteiger partial charge >= 0.3 is 0 Å². The van der Waals surface area contributed by atoms with E-state index in [1.807, 2.05) is 91.0 Å². The Hall–Kier alpha value is -4.01. The second-order valence-electron chi connectivity index (χ2n) is 8.07. The van der Waals surface area contributed by atoms with E-state index in [0.29, 0.717) is 11.1 Å². The van der Waals surface area contributed by atoms with Gasteiger partial charge in [0.05, 0.1) is 17.7 Å². The molecule has 5 rings (SSSR count). The summed E-state index contributed by atoms with van der Waals surface area (Å²) in [6, 6.07) is 36.6. The summed E-state index contributed by atoms with van der Waals surface area (Å²) in [7, 11) is 0. The predicted molar refractivity (Wildman–Crippen MR) is 138 cm³/mol. The molecule has 34 heavy (non-hydrogen) atoms. The Bertz CT molecular complexity index is 1290. The fourth-order valence-corrected chi connectivity index (χ4v) is 8.24. The van der Waals surface area contributed by atoms with Gasteiger partial charge in [0.1, 0.15) is 0 Å². The lowest BCUT2D eigenvalue weighted by atomic mass is 10.1. The van der Waals surface area contributed by atoms with Crippen molar-refractivity contribution in [1.29, 1.82) is 0 Å². The zero-order chi connectivity index (χ0) is 23.5. The van der Waals surface area contributed by atoms with Gasteiger partial charge in [0.25, 0.3) is 11.8 Å². The van der Waals surface area contributed by atoms with Gasteiger partial charge in [0.15, 0.2) is 5.78 Å². The molecular weight excluding hydrogens is 441 g/mol. The van der Waals surface area contributed by atoms with Crippen LogP contribution in [-0.4, -0.2) is 34.8 Å². The summed E-state index contributed by atoms with van der Waals surface area (Å²) in [5.41, 5.74) is 0.686. The van der Waals surface area contributed by atoms with E-state index in [9.17, 15) is 14.4 Å². The number of hydrogen-bond acceptors (Lipinski definition) is 3. The first-order chi connectivity index (χ1) is 16.6. The van der Waals surface area contributed by atoms with Crippen LogP contribution >= 0.6 is 6.89 Å². The van der Waals surface area contributed by atoms with Crippen LogP contribution in [0.2, 0.25) is 0 Å². The summed E-state index contributed by atoms with van der Waals surface area (Å²) in [5, 5.41) is 3.09. The van der Waals surface area contributed by atoms with E-state index in [4.69, 9.17) is 0 Å². The number of nitrogens with zero attached hydrogens (tertiary/aromatic N) is 1. The Balaban J connectivity index is 1.66. The van der Waals surface area contributed by atoms with Gasteiger partial charge in [-0.3, -0.25) is 19.3 Å². The second-order valence-corrected chi connectivity index (χ2v) is 11.3. The summed E-state index contributed by atoms with van der Waals surface area (Å²) < 4.78 is 0. The number of imide groups is 1. The molecule has 1 heterocycles. The molecule has 4 nitrogen and oxygen atoms in total. The molecule has 0 saturated heterocycles. The first-order valence-electron chi connectivity index (χ1n) is 11.0. The highest BCUT2D eigenvalue weighted by Crippen LogP contribution is 2.43. The molecule has 1 aliphatic heterocycles. The Morgan fingerprint density at radius 2 is 0.941 bits per heavy atom. The van der Waals surface area contributed by atoms with E-state index in [0.717, 1.165) is 20.8 Å². The molecule has 0 bridgehead atoms. The van der Waals surface area contributed by atoms with Crippen LogP contribution in [0, 0.1) is 0 Å². The van der Waals surface area contributed by atoms with Crippen LogP contribution in [-0.2, 0) is 4.79 Å². The summed E-state index contributed by atoms with van der Waals surface area (Å²) in [4.78, 5) is 40.4. The highest BCUT2D eigenvalue weighted by molar-refractivity contribution is 7.95. The molecule has 1 aliphatic rings. The smallest absolute Gasteiger partial charge is 0.261 e. The number of hydrogen-bond donors (Lipinski definition) is 0. The predicted octanol–water partition coefficient (Wildman–Crippen LogP) is 3.65. The fraction of sp³-hybridized carbons (Fsp3) is 0.0345. The average molecular weight is 463 g/mol. The van der Waals surface area contributed by atoms with Gasteiger partial charge in [-0.05, 0) is 40.7 Å². The Morgan fingerprint density at radius 3 is 1.32 bits per heavy atom. The summed E-state index contributed by atoms with van der Waals surface area (Å²) >= 11 is 0. The van der Waals surface area contributed by atoms with Crippen LogP contribution in [0.25, 0.3) is 0 Å². The number of amides is 2. The third-order valence-electron chi connectivity index (χ3n) is 6.02. The maximum absolute atomic E-state index is 13.6. The molecule has 4 aromatic carbocycles. The SMILES string of the molecule is O=C(C=P(c1ccccc1)(c1ccccc1)c1ccccc1)CN1C(=O)c2ccccc2C1=O. The van der Waals surface area contributed by atoms with Gasteiger partial charge in [0, 0.05) is 0 Å². The third-order valence-corrected chi connectivity index (χ3v) is 10.0. The topological polar surface area (TPSA) is 54.5 Å². The standard InChI is InChI=1S/C29H22NO3P/c31-22(20-30-28(32)26-18-10-11-19-27(26)29(30)33)21-34(23-12-4-1-5-13-23,24-14-6-2-7-15-24)25-16-8-3-9-17-25/h1-19,21H,20H2. The molecule has 4 aromatic rings. The lowest BCUT2D eigenvalue weighted by Gasteiger charge is -2.28. The number of rotatable bonds is 6. The number of Topliss-reactive ketones (excluding diaryl/α,β-unsaturated/α-hetero) is 1. The zero-order valence-electron chi connectivity index (χ0n) is 18.4. The Kier molecular flexibility index (Phi) is 5.83. The third kappa shape index (κ3) is 3.72. The van der Waals surface area contributed by atoms with Crippen LogP contribution in [0.15, 0.2) is 115 Å². The van der Waals surface area contributed by atoms with Crippen molar-refractivity contribution in [2.24, 2.45) is 0 Å². The van der Waals surface area contributed by atoms with Crippen molar-refractivity contribution in [2.75, 3.05) is 6.54 Å². The molecule has 0 N–H and O–H groups in total. The molecule has 0 atom stereocenters. The molecular formula is C29H22NO3P. The highest BCUT2D eigenvalue weighted by atomic mass is 31.2. The lowest BCUT2D eigenvalue weighted by molar-refractivity contribution is -0.112. The maximum atomic E-state index is 13.6. The summed E-state index contributed by atoms with van der Waals surface area (Å²) in [6.45, 7) is -2.79. The molecule has 0 radical (unpaired) electrons. The Morgan fingerprint density at radius 1 is 0.588 bits per heavy atom. The fourth-order valence-electron chi connectivity index (χ4n) is 4.46. The van der Waals surface area contributed by atoms with Gasteiger partial charge < -0.3 is 0 Å². The molecule has 0 aliphatic carbocycles. The van der Waals surface area contributed by atoms with Crippen LogP contribution < -0.4 is 15.9 Å². The van der Waals surface area contributed by atoms with E-state index in [-0.39, 0.29) is 12.3 Å². The van der Waals surface area contributed by atoms with Crippen molar-refractivity contribution in [3.8, 4) is 0 Å². The molecule has 0 spiro atoms. The van der Waals surface area contributed by atoms with Gasteiger partial charge in [-0.15, -0.1) is 0 Å². The van der Waals surface area contributed by atoms with E-state index in [2.05, 4.69) is 0 Å². The first kappa shape index (κ1) is 21.8. The first-order valence-corrected chi connectivity index (χ1v) is 12.9. The monoisotopic (exact) mass is 463 g/mol.